The van der Waals surface area contributed by atoms with Gasteiger partial charge < -0.3 is 9.47 Å². The summed E-state index contributed by atoms with van der Waals surface area (Å²) in [6.07, 6.45) is 1.53. The predicted molar refractivity (Wildman–Crippen MR) is 110 cm³/mol. The number of methoxy groups -OCH3 is 1. The van der Waals surface area contributed by atoms with Crippen molar-refractivity contribution in [3.8, 4) is 11.5 Å². The van der Waals surface area contributed by atoms with Gasteiger partial charge in [-0.1, -0.05) is 48.0 Å². The molecule has 0 saturated heterocycles. The van der Waals surface area contributed by atoms with Crippen LogP contribution >= 0.6 is 11.6 Å². The van der Waals surface area contributed by atoms with Crippen LogP contribution in [0.2, 0.25) is 5.02 Å². The molecule has 0 aliphatic carbocycles. The molecule has 6 heteroatoms. The van der Waals surface area contributed by atoms with Crippen LogP contribution in [-0.4, -0.2) is 19.2 Å². The lowest BCUT2D eigenvalue weighted by atomic mass is 10.2. The van der Waals surface area contributed by atoms with Crippen molar-refractivity contribution < 1.29 is 14.3 Å². The molecular formula is C22H19ClN2O3. The van der Waals surface area contributed by atoms with E-state index in [2.05, 4.69) is 10.5 Å². The molecule has 0 unspecified atom stereocenters. The third-order valence-electron chi connectivity index (χ3n) is 3.93. The SMILES string of the molecule is COc1cccc(/C=N/NC(=O)c2ccccc2)c1OCc1ccc(Cl)cc1. The average Bonchev–Trinajstić information content (AvgIpc) is 2.74. The lowest BCUT2D eigenvalue weighted by molar-refractivity contribution is 0.0955. The number of hydrazone groups is 1. The summed E-state index contributed by atoms with van der Waals surface area (Å²) in [5.41, 5.74) is 4.69. The zero-order valence-corrected chi connectivity index (χ0v) is 16.0. The lowest BCUT2D eigenvalue weighted by Crippen LogP contribution is -2.17. The normalized spacial score (nSPS) is 10.6. The molecule has 0 aromatic heterocycles. The third kappa shape index (κ3) is 5.11. The number of hydrogen-bond donors (Lipinski definition) is 1. The van der Waals surface area contributed by atoms with Gasteiger partial charge in [0, 0.05) is 16.1 Å². The Morgan fingerprint density at radius 2 is 1.79 bits per heavy atom. The fourth-order valence-electron chi connectivity index (χ4n) is 2.50. The van der Waals surface area contributed by atoms with Crippen LogP contribution in [-0.2, 0) is 6.61 Å². The van der Waals surface area contributed by atoms with Crippen LogP contribution in [0.4, 0.5) is 0 Å². The molecule has 0 heterocycles. The Labute approximate surface area is 168 Å². The van der Waals surface area contributed by atoms with Crippen molar-refractivity contribution in [2.75, 3.05) is 7.11 Å². The molecule has 142 valence electrons. The van der Waals surface area contributed by atoms with Crippen LogP contribution in [0, 0.1) is 0 Å². The molecule has 0 aliphatic heterocycles. The summed E-state index contributed by atoms with van der Waals surface area (Å²) in [6, 6.07) is 21.7. The third-order valence-corrected chi connectivity index (χ3v) is 4.18. The van der Waals surface area contributed by atoms with Crippen molar-refractivity contribution in [2.45, 2.75) is 6.61 Å². The van der Waals surface area contributed by atoms with Crippen molar-refractivity contribution in [3.05, 3.63) is 94.5 Å². The molecular weight excluding hydrogens is 376 g/mol. The zero-order chi connectivity index (χ0) is 19.8. The number of amides is 1. The van der Waals surface area contributed by atoms with Crippen LogP contribution in [0.3, 0.4) is 0 Å². The summed E-state index contributed by atoms with van der Waals surface area (Å²) in [5.74, 6) is 0.827. The molecule has 3 aromatic rings. The van der Waals surface area contributed by atoms with E-state index in [0.29, 0.717) is 34.3 Å². The van der Waals surface area contributed by atoms with E-state index in [1.54, 1.807) is 37.4 Å². The molecule has 0 bridgehead atoms. The quantitative estimate of drug-likeness (QED) is 0.467. The number of nitrogens with one attached hydrogen (secondary N) is 1. The van der Waals surface area contributed by atoms with Crippen molar-refractivity contribution in [3.63, 3.8) is 0 Å². The Morgan fingerprint density at radius 1 is 1.04 bits per heavy atom. The van der Waals surface area contributed by atoms with Gasteiger partial charge in [-0.15, -0.1) is 0 Å². The number of carbonyl (C=O) groups is 1. The van der Waals surface area contributed by atoms with Crippen molar-refractivity contribution in [1.82, 2.24) is 5.43 Å². The first-order chi connectivity index (χ1) is 13.7. The van der Waals surface area contributed by atoms with Crippen LogP contribution in [0.25, 0.3) is 0 Å². The van der Waals surface area contributed by atoms with Gasteiger partial charge in [-0.25, -0.2) is 5.43 Å². The number of halogens is 1. The minimum atomic E-state index is -0.289. The summed E-state index contributed by atoms with van der Waals surface area (Å²) in [5, 5.41) is 4.71. The van der Waals surface area contributed by atoms with E-state index in [1.165, 1.54) is 6.21 Å². The first kappa shape index (κ1) is 19.5. The smallest absolute Gasteiger partial charge is 0.271 e. The first-order valence-corrected chi connectivity index (χ1v) is 8.98. The van der Waals surface area contributed by atoms with Crippen molar-refractivity contribution >= 4 is 23.7 Å². The topological polar surface area (TPSA) is 59.9 Å². The molecule has 0 aliphatic rings. The maximum Gasteiger partial charge on any atom is 0.271 e. The van der Waals surface area contributed by atoms with E-state index < -0.39 is 0 Å². The van der Waals surface area contributed by atoms with Crippen molar-refractivity contribution in [1.29, 1.82) is 0 Å². The number of ether oxygens (including phenoxy) is 2. The van der Waals surface area contributed by atoms with Gasteiger partial charge in [0.1, 0.15) is 6.61 Å². The Morgan fingerprint density at radius 3 is 2.50 bits per heavy atom. The van der Waals surface area contributed by atoms with E-state index in [9.17, 15) is 4.79 Å². The van der Waals surface area contributed by atoms with Gasteiger partial charge in [-0.3, -0.25) is 4.79 Å². The van der Waals surface area contributed by atoms with Gasteiger partial charge in [0.15, 0.2) is 11.5 Å². The zero-order valence-electron chi connectivity index (χ0n) is 15.3. The highest BCUT2D eigenvalue weighted by Gasteiger charge is 2.10. The molecule has 1 N–H and O–H groups in total. The van der Waals surface area contributed by atoms with Gasteiger partial charge in [0.25, 0.3) is 5.91 Å². The highest BCUT2D eigenvalue weighted by molar-refractivity contribution is 6.30. The number of hydrogen-bond acceptors (Lipinski definition) is 4. The Balaban J connectivity index is 1.73. The summed E-state index contributed by atoms with van der Waals surface area (Å²) in [7, 11) is 1.57. The number of rotatable bonds is 7. The largest absolute Gasteiger partial charge is 0.493 e. The summed E-state index contributed by atoms with van der Waals surface area (Å²) >= 11 is 5.92. The van der Waals surface area contributed by atoms with E-state index in [1.807, 2.05) is 42.5 Å². The van der Waals surface area contributed by atoms with Gasteiger partial charge in [-0.05, 0) is 42.0 Å². The Hall–Kier alpha value is -3.31. The lowest BCUT2D eigenvalue weighted by Gasteiger charge is -2.13. The summed E-state index contributed by atoms with van der Waals surface area (Å²) < 4.78 is 11.4. The highest BCUT2D eigenvalue weighted by atomic mass is 35.5. The van der Waals surface area contributed by atoms with Gasteiger partial charge >= 0.3 is 0 Å². The fraction of sp³-hybridized carbons (Fsp3) is 0.0909. The van der Waals surface area contributed by atoms with Crippen LogP contribution in [0.1, 0.15) is 21.5 Å². The standard InChI is InChI=1S/C22H19ClN2O3/c1-27-20-9-5-8-18(14-24-25-22(26)17-6-3-2-4-7-17)21(20)28-15-16-10-12-19(23)13-11-16/h2-14H,15H2,1H3,(H,25,26)/b24-14+. The van der Waals surface area contributed by atoms with E-state index >= 15 is 0 Å². The molecule has 0 spiro atoms. The Bertz CT molecular complexity index is 957. The molecule has 3 rings (SSSR count). The Kier molecular flexibility index (Phi) is 6.65. The van der Waals surface area contributed by atoms with Crippen LogP contribution < -0.4 is 14.9 Å². The van der Waals surface area contributed by atoms with Crippen LogP contribution in [0.15, 0.2) is 77.9 Å². The second-order valence-electron chi connectivity index (χ2n) is 5.86. The number of carbonyl (C=O) groups excluding carboxylic acids is 1. The molecule has 3 aromatic carbocycles. The van der Waals surface area contributed by atoms with Crippen LogP contribution in [0.5, 0.6) is 11.5 Å². The van der Waals surface area contributed by atoms with Gasteiger partial charge in [0.2, 0.25) is 0 Å². The predicted octanol–water partition coefficient (Wildman–Crippen LogP) is 4.69. The van der Waals surface area contributed by atoms with E-state index in [4.69, 9.17) is 21.1 Å². The number of para-hydroxylation sites is 1. The average molecular weight is 395 g/mol. The summed E-state index contributed by atoms with van der Waals surface area (Å²) in [4.78, 5) is 12.1. The molecule has 0 radical (unpaired) electrons. The monoisotopic (exact) mass is 394 g/mol. The molecule has 0 atom stereocenters. The molecule has 0 saturated carbocycles. The molecule has 0 fully saturated rings. The first-order valence-electron chi connectivity index (χ1n) is 8.60. The van der Waals surface area contributed by atoms with Gasteiger partial charge in [0.05, 0.1) is 13.3 Å². The maximum absolute atomic E-state index is 12.1. The summed E-state index contributed by atoms with van der Waals surface area (Å²) in [6.45, 7) is 0.342. The van der Waals surface area contributed by atoms with E-state index in [0.717, 1.165) is 5.56 Å². The minimum Gasteiger partial charge on any atom is -0.493 e. The van der Waals surface area contributed by atoms with Crippen molar-refractivity contribution in [2.24, 2.45) is 5.10 Å². The number of nitrogens with zero attached hydrogens (tertiary/aromatic N) is 1. The highest BCUT2D eigenvalue weighted by Crippen LogP contribution is 2.31. The minimum absolute atomic E-state index is 0.289. The fourth-order valence-corrected chi connectivity index (χ4v) is 2.63. The number of benzene rings is 3. The second-order valence-corrected chi connectivity index (χ2v) is 6.30. The maximum atomic E-state index is 12.1. The molecule has 5 nitrogen and oxygen atoms in total. The molecule has 1 amide bonds. The van der Waals surface area contributed by atoms with E-state index in [-0.39, 0.29) is 5.91 Å². The van der Waals surface area contributed by atoms with Gasteiger partial charge in [-0.2, -0.15) is 5.10 Å². The molecule has 28 heavy (non-hydrogen) atoms. The second kappa shape index (κ2) is 9.58.